The van der Waals surface area contributed by atoms with Crippen molar-refractivity contribution in [2.75, 3.05) is 39.4 Å². The molecule has 1 aliphatic heterocycles. The molecule has 122 heavy (non-hydrogen) atoms. The van der Waals surface area contributed by atoms with Crippen LogP contribution in [0.2, 0.25) is 0 Å². The number of primary amides is 3. The van der Waals surface area contributed by atoms with Gasteiger partial charge in [0.2, 0.25) is 106 Å². The van der Waals surface area contributed by atoms with Gasteiger partial charge in [-0.1, -0.05) is 27.7 Å². The Bertz CT molecular complexity index is 3750. The van der Waals surface area contributed by atoms with Crippen molar-refractivity contribution in [2.45, 2.75) is 247 Å². The Morgan fingerprint density at radius 1 is 0.410 bits per heavy atom. The van der Waals surface area contributed by atoms with Crippen LogP contribution in [0.3, 0.4) is 0 Å². The van der Waals surface area contributed by atoms with E-state index in [1.54, 1.807) is 27.7 Å². The summed E-state index contributed by atoms with van der Waals surface area (Å²) in [5.74, 6) is -29.2. The fourth-order valence-corrected chi connectivity index (χ4v) is 11.6. The van der Waals surface area contributed by atoms with Crippen LogP contribution in [0.1, 0.15) is 151 Å². The largest absolute Gasteiger partial charge is 0.481 e. The van der Waals surface area contributed by atoms with Gasteiger partial charge in [0.05, 0.1) is 51.5 Å². The first-order valence-corrected chi connectivity index (χ1v) is 38.6. The average Bonchev–Trinajstić information content (AvgIpc) is 1.64. The van der Waals surface area contributed by atoms with Gasteiger partial charge in [0.15, 0.2) is 5.96 Å². The summed E-state index contributed by atoms with van der Waals surface area (Å²) in [7, 11) is 0. The first-order valence-electron chi connectivity index (χ1n) is 38.6. The van der Waals surface area contributed by atoms with E-state index in [0.717, 1.165) is 11.8 Å². The molecule has 18 amide bonds. The number of carboxylic acid groups (broad SMARTS) is 4. The molecule has 0 bridgehead atoms. The monoisotopic (exact) mass is 1740 g/mol. The quantitative estimate of drug-likeness (QED) is 0.0153. The summed E-state index contributed by atoms with van der Waals surface area (Å²) in [6.07, 6.45) is -9.58. The SMILES string of the molecule is CC(C)C[C@H](NC(=O)[C@H](CC(N)=O)NC(=O)[C@H](CC(C)C)NC(=O)[C@H](CO)NC(=O)[C@@H](N)[C@@H](C)O)C(=O)N[C@@H](CCC(N)=O)C(=O)N[C@@H](CCCCN)C(=O)N[C@@H](CC(=O)O)C(=O)N[C@@H](CCC(=O)O)C(=O)N1CCC[C@H]1C(=O)N[C@@H](CC(N)=O)C(=O)NCC(=O)N[C@@H](CCCN=C(N)N)C(=O)N[C@@H](C)C(=O)N[C@@H](CO)C(=O)N[C@@H](CC(=O)O)C(=O)O. The third-order valence-corrected chi connectivity index (χ3v) is 18.0. The van der Waals surface area contributed by atoms with Crippen molar-refractivity contribution in [1.29, 1.82) is 0 Å². The molecule has 16 atom stereocenters. The second-order valence-corrected chi connectivity index (χ2v) is 29.4. The Hall–Kier alpha value is -12.6. The van der Waals surface area contributed by atoms with Crippen molar-refractivity contribution in [1.82, 2.24) is 79.3 Å². The van der Waals surface area contributed by atoms with Gasteiger partial charge in [0.25, 0.3) is 0 Å². The van der Waals surface area contributed by atoms with Crippen LogP contribution in [0, 0.1) is 11.8 Å². The van der Waals surface area contributed by atoms with Gasteiger partial charge in [-0.15, -0.1) is 0 Å². The Kier molecular flexibility index (Phi) is 48.0. The molecule has 52 heteroatoms. The number of aliphatic hydroxyl groups is 3. The lowest BCUT2D eigenvalue weighted by Gasteiger charge is -2.30. The Labute approximate surface area is 698 Å². The number of carboxylic acids is 4. The standard InChI is InChI=1S/C70H117N23O29/c1-30(2)21-38(85-62(114)41(24-49(74)99)87-61(113)39(22-31(3)4)86-64(116)45(29-95)92-67(119)54(75)33(6)96)60(112)83-36(14-16-47(72)97)59(111)82-35(11-7-8-18-71)58(110)88-42(25-52(103)104)63(115)84-37(15-17-51(101)102)68(120)93-20-10-13-46(93)66(118)89-40(23-48(73)98)56(108)79-27-50(100)81-34(12-9-19-78-70(76)77)57(109)80-32(5)55(107)91-44(28-94)65(117)90-43(69(121)122)26-53(105)106/h30-46,54,94-96H,7-29,71,75H2,1-6H3,(H2,72,97)(H2,73,98)(H2,74,99)(H,79,108)(H,80,109)(H,81,100)(H,82,111)(H,83,112)(H,84,115)(H,85,114)(H,86,116)(H,87,113)(H,88,110)(H,89,118)(H,90,117)(H,91,107)(H,92,119)(H,101,102)(H,103,104)(H,105,106)(H,121,122)(H4,76,77,78)/t32-,33+,34-,35-,36-,37-,38-,39-,40-,41-,42-,43-,44-,45-,46-,54-/m0/s1. The first kappa shape index (κ1) is 107. The van der Waals surface area contributed by atoms with Gasteiger partial charge in [0.1, 0.15) is 90.6 Å². The number of likely N-dealkylation sites (tertiary alicyclic amines) is 1. The maximum Gasteiger partial charge on any atom is 0.326 e. The number of aliphatic imine (C=N–C) groups is 1. The van der Waals surface area contributed by atoms with E-state index in [1.807, 2.05) is 5.32 Å². The topological polar surface area (TPSA) is 883 Å². The van der Waals surface area contributed by atoms with E-state index in [1.165, 1.54) is 6.92 Å². The predicted octanol–water partition coefficient (Wildman–Crippen LogP) is -13.7. The van der Waals surface area contributed by atoms with Crippen LogP contribution in [-0.4, -0.2) is 313 Å². The van der Waals surface area contributed by atoms with Crippen LogP contribution < -0.4 is 115 Å². The number of nitrogens with one attached hydrogen (secondary N) is 14. The minimum atomic E-state index is -2.19. The van der Waals surface area contributed by atoms with Crippen molar-refractivity contribution in [3.8, 4) is 0 Å². The van der Waals surface area contributed by atoms with E-state index in [0.29, 0.717) is 0 Å². The fourth-order valence-electron chi connectivity index (χ4n) is 11.6. The van der Waals surface area contributed by atoms with Crippen molar-refractivity contribution in [2.24, 2.45) is 57.0 Å². The smallest absolute Gasteiger partial charge is 0.326 e. The molecule has 0 spiro atoms. The number of aliphatic hydroxyl groups excluding tert-OH is 3. The number of carbonyl (C=O) groups excluding carboxylic acids is 18. The Morgan fingerprint density at radius 2 is 0.803 bits per heavy atom. The highest BCUT2D eigenvalue weighted by Gasteiger charge is 2.43. The molecule has 1 fully saturated rings. The van der Waals surface area contributed by atoms with Gasteiger partial charge in [-0.2, -0.15) is 0 Å². The second kappa shape index (κ2) is 54.6. The highest BCUT2D eigenvalue weighted by Crippen LogP contribution is 2.21. The number of hydrogen-bond donors (Lipinski definition) is 28. The second-order valence-electron chi connectivity index (χ2n) is 29.4. The summed E-state index contributed by atoms with van der Waals surface area (Å²) >= 11 is 0. The molecule has 1 rings (SSSR count). The molecule has 52 nitrogen and oxygen atoms in total. The number of aliphatic carboxylic acids is 4. The van der Waals surface area contributed by atoms with Gasteiger partial charge in [-0.05, 0) is 103 Å². The zero-order valence-electron chi connectivity index (χ0n) is 68.2. The molecule has 0 aliphatic carbocycles. The molecule has 0 unspecified atom stereocenters. The number of nitrogens with zero attached hydrogens (tertiary/aromatic N) is 2. The molecule has 35 N–H and O–H groups in total. The Balaban J connectivity index is 3.62. The summed E-state index contributed by atoms with van der Waals surface area (Å²) in [5.41, 5.74) is 38.5. The number of rotatable bonds is 59. The zero-order valence-corrected chi connectivity index (χ0v) is 68.2. The fraction of sp³-hybridized carbons (Fsp3) is 0.671. The minimum absolute atomic E-state index is 0.00798. The van der Waals surface area contributed by atoms with Crippen LogP contribution in [-0.2, 0) is 105 Å². The summed E-state index contributed by atoms with van der Waals surface area (Å²) in [4.78, 5) is 296. The number of carbonyl (C=O) groups is 22. The van der Waals surface area contributed by atoms with Crippen molar-refractivity contribution < 1.29 is 141 Å². The van der Waals surface area contributed by atoms with Crippen LogP contribution in [0.25, 0.3) is 0 Å². The van der Waals surface area contributed by atoms with Crippen LogP contribution in [0.5, 0.6) is 0 Å². The highest BCUT2D eigenvalue weighted by molar-refractivity contribution is 6.02. The van der Waals surface area contributed by atoms with E-state index in [-0.39, 0.29) is 89.3 Å². The van der Waals surface area contributed by atoms with E-state index in [2.05, 4.69) is 74.1 Å². The molecule has 0 aromatic rings. The molecule has 1 saturated heterocycles. The number of unbranched alkanes of at least 4 members (excludes halogenated alkanes) is 1. The average molecular weight is 1740 g/mol. The normalized spacial score (nSPS) is 16.0. The lowest BCUT2D eigenvalue weighted by molar-refractivity contribution is -0.147. The third kappa shape index (κ3) is 40.9. The minimum Gasteiger partial charge on any atom is -0.481 e. The molecule has 0 saturated carbocycles. The number of guanidine groups is 1. The first-order chi connectivity index (χ1) is 57.0. The molecular weight excluding hydrogens is 1630 g/mol. The van der Waals surface area contributed by atoms with Gasteiger partial charge in [0, 0.05) is 25.9 Å². The number of amides is 18. The maximum absolute atomic E-state index is 14.6. The molecule has 0 aromatic carbocycles. The van der Waals surface area contributed by atoms with Crippen LogP contribution >= 0.6 is 0 Å². The third-order valence-electron chi connectivity index (χ3n) is 18.0. The summed E-state index contributed by atoms with van der Waals surface area (Å²) < 4.78 is 0. The van der Waals surface area contributed by atoms with E-state index in [4.69, 9.17) is 45.2 Å². The summed E-state index contributed by atoms with van der Waals surface area (Å²) in [6.45, 7) is 5.16. The van der Waals surface area contributed by atoms with Crippen LogP contribution in [0.4, 0.5) is 0 Å². The van der Waals surface area contributed by atoms with E-state index >= 15 is 0 Å². The number of hydrogen-bond acceptors (Lipinski definition) is 28. The molecule has 1 aliphatic rings. The van der Waals surface area contributed by atoms with Gasteiger partial charge in [-0.3, -0.25) is 106 Å². The van der Waals surface area contributed by atoms with Gasteiger partial charge < -0.3 is 155 Å². The molecule has 0 aromatic heterocycles. The van der Waals surface area contributed by atoms with E-state index < -0.39 is 304 Å². The summed E-state index contributed by atoms with van der Waals surface area (Å²) in [6, 6.07) is -26.6. The Morgan fingerprint density at radius 3 is 1.25 bits per heavy atom. The van der Waals surface area contributed by atoms with Crippen LogP contribution in [0.15, 0.2) is 4.99 Å². The lowest BCUT2D eigenvalue weighted by Crippen LogP contribution is -2.61. The van der Waals surface area contributed by atoms with E-state index in [9.17, 15) is 136 Å². The van der Waals surface area contributed by atoms with Crippen molar-refractivity contribution in [3.63, 3.8) is 0 Å². The molecule has 1 heterocycles. The highest BCUT2D eigenvalue weighted by atomic mass is 16.4. The lowest BCUT2D eigenvalue weighted by atomic mass is 10.00. The van der Waals surface area contributed by atoms with Crippen molar-refractivity contribution >= 4 is 136 Å². The summed E-state index contributed by atoms with van der Waals surface area (Å²) in [5, 5.41) is 98.9. The van der Waals surface area contributed by atoms with Gasteiger partial charge in [-0.25, -0.2) is 4.79 Å². The molecule has 686 valence electrons. The molecule has 0 radical (unpaired) electrons. The predicted molar refractivity (Wildman–Crippen MR) is 419 cm³/mol. The van der Waals surface area contributed by atoms with Gasteiger partial charge >= 0.3 is 23.9 Å². The molecular formula is C70H117N23O29. The maximum atomic E-state index is 14.6. The van der Waals surface area contributed by atoms with Crippen molar-refractivity contribution in [3.05, 3.63) is 0 Å². The number of nitrogens with two attached hydrogens (primary N) is 7. The zero-order chi connectivity index (χ0) is 93.1.